The summed E-state index contributed by atoms with van der Waals surface area (Å²) >= 11 is 1.48. The Kier molecular flexibility index (Phi) is 5.42. The third-order valence-electron chi connectivity index (χ3n) is 5.50. The lowest BCUT2D eigenvalue weighted by Crippen LogP contribution is -2.29. The minimum atomic E-state index is -0.407. The fourth-order valence-corrected chi connectivity index (χ4v) is 4.53. The highest BCUT2D eigenvalue weighted by atomic mass is 32.1. The number of hydrogen-bond acceptors (Lipinski definition) is 7. The van der Waals surface area contributed by atoms with Crippen molar-refractivity contribution >= 4 is 39.0 Å². The molecule has 0 aliphatic heterocycles. The van der Waals surface area contributed by atoms with E-state index >= 15 is 0 Å². The predicted octanol–water partition coefficient (Wildman–Crippen LogP) is 4.00. The van der Waals surface area contributed by atoms with Gasteiger partial charge in [0.05, 0.1) is 11.1 Å². The number of benzene rings is 1. The molecule has 0 atom stereocenters. The maximum atomic E-state index is 13.2. The van der Waals surface area contributed by atoms with Crippen LogP contribution in [0, 0.1) is 13.8 Å². The molecule has 0 spiro atoms. The average molecular weight is 472 g/mol. The first kappa shape index (κ1) is 21.5. The molecule has 0 saturated heterocycles. The number of hydrogen-bond donors (Lipinski definition) is 2. The second kappa shape index (κ2) is 8.56. The summed E-state index contributed by atoms with van der Waals surface area (Å²) in [4.78, 5) is 34.5. The molecule has 0 aliphatic rings. The van der Waals surface area contributed by atoms with Gasteiger partial charge in [-0.15, -0.1) is 11.3 Å². The summed E-state index contributed by atoms with van der Waals surface area (Å²) in [5, 5.41) is 11.1. The summed E-state index contributed by atoms with van der Waals surface area (Å²) in [5.74, 6) is 0.314. The van der Waals surface area contributed by atoms with E-state index in [9.17, 15) is 9.59 Å². The van der Waals surface area contributed by atoms with E-state index in [0.717, 1.165) is 33.6 Å². The lowest BCUT2D eigenvalue weighted by Gasteiger charge is -2.13. The first-order valence-corrected chi connectivity index (χ1v) is 11.4. The molecule has 1 amide bonds. The van der Waals surface area contributed by atoms with Gasteiger partial charge in [-0.3, -0.25) is 19.7 Å². The highest BCUT2D eigenvalue weighted by molar-refractivity contribution is 7.14. The average Bonchev–Trinajstić information content (AvgIpc) is 3.41. The number of aromatic nitrogens is 5. The Morgan fingerprint density at radius 3 is 2.59 bits per heavy atom. The molecule has 0 aliphatic carbocycles. The van der Waals surface area contributed by atoms with E-state index in [0.29, 0.717) is 10.8 Å². The van der Waals surface area contributed by atoms with Crippen molar-refractivity contribution in [1.29, 1.82) is 0 Å². The Balaban J connectivity index is 1.45. The molecule has 0 bridgehead atoms. The van der Waals surface area contributed by atoms with Gasteiger partial charge in [0.25, 0.3) is 11.5 Å². The summed E-state index contributed by atoms with van der Waals surface area (Å²) in [7, 11) is 1.54. The fourth-order valence-electron chi connectivity index (χ4n) is 3.82. The Bertz CT molecular complexity index is 1580. The summed E-state index contributed by atoms with van der Waals surface area (Å²) in [6, 6.07) is 14.6. The van der Waals surface area contributed by atoms with Crippen LogP contribution in [0.3, 0.4) is 0 Å². The van der Waals surface area contributed by atoms with Crippen molar-refractivity contribution < 1.29 is 4.79 Å². The molecular formula is C24H21N7O2S. The van der Waals surface area contributed by atoms with Crippen LogP contribution in [0.5, 0.6) is 0 Å². The number of nitrogens with zero attached hydrogens (tertiary/aromatic N) is 5. The molecule has 10 heteroatoms. The third-order valence-corrected chi connectivity index (χ3v) is 6.25. The van der Waals surface area contributed by atoms with E-state index in [1.165, 1.54) is 23.1 Å². The molecule has 0 unspecified atom stereocenters. The summed E-state index contributed by atoms with van der Waals surface area (Å²) in [6.45, 7) is 3.82. The SMILES string of the molecule is Cc1cc(-c2csc(Nc3ccccn3)n2)c(C)n1NC(=O)c1nn(C)c(=O)c2ccccc12. The van der Waals surface area contributed by atoms with Crippen molar-refractivity contribution in [3.63, 3.8) is 0 Å². The van der Waals surface area contributed by atoms with Crippen molar-refractivity contribution in [1.82, 2.24) is 24.4 Å². The molecule has 1 aromatic carbocycles. The molecule has 4 heterocycles. The van der Waals surface area contributed by atoms with E-state index in [2.05, 4.69) is 25.8 Å². The van der Waals surface area contributed by atoms with Crippen LogP contribution in [-0.4, -0.2) is 30.3 Å². The van der Waals surface area contributed by atoms with Crippen LogP contribution in [-0.2, 0) is 7.05 Å². The molecule has 9 nitrogen and oxygen atoms in total. The van der Waals surface area contributed by atoms with Gasteiger partial charge < -0.3 is 5.32 Å². The number of aryl methyl sites for hydroxylation is 2. The maximum absolute atomic E-state index is 13.2. The van der Waals surface area contributed by atoms with E-state index in [1.807, 2.05) is 43.5 Å². The minimum absolute atomic E-state index is 0.183. The van der Waals surface area contributed by atoms with Gasteiger partial charge in [0.15, 0.2) is 10.8 Å². The number of thiazole rings is 1. The Labute approximate surface area is 198 Å². The van der Waals surface area contributed by atoms with Crippen LogP contribution in [0.15, 0.2) is 64.9 Å². The highest BCUT2D eigenvalue weighted by Crippen LogP contribution is 2.30. The van der Waals surface area contributed by atoms with Gasteiger partial charge in [-0.25, -0.2) is 14.6 Å². The van der Waals surface area contributed by atoms with E-state index in [1.54, 1.807) is 35.1 Å². The first-order valence-electron chi connectivity index (χ1n) is 10.5. The van der Waals surface area contributed by atoms with E-state index in [-0.39, 0.29) is 11.3 Å². The lowest BCUT2D eigenvalue weighted by atomic mass is 10.1. The molecule has 0 radical (unpaired) electrons. The molecule has 2 N–H and O–H groups in total. The number of nitrogens with one attached hydrogen (secondary N) is 2. The van der Waals surface area contributed by atoms with Crippen LogP contribution < -0.4 is 16.3 Å². The van der Waals surface area contributed by atoms with Gasteiger partial charge in [0.2, 0.25) is 0 Å². The minimum Gasteiger partial charge on any atom is -0.316 e. The highest BCUT2D eigenvalue weighted by Gasteiger charge is 2.19. The topological polar surface area (TPSA) is 107 Å². The van der Waals surface area contributed by atoms with Crippen LogP contribution in [0.2, 0.25) is 0 Å². The molecule has 5 rings (SSSR count). The van der Waals surface area contributed by atoms with Crippen molar-refractivity contribution in [2.45, 2.75) is 13.8 Å². The number of rotatable bonds is 5. The van der Waals surface area contributed by atoms with Crippen molar-refractivity contribution in [2.75, 3.05) is 10.7 Å². The monoisotopic (exact) mass is 471 g/mol. The van der Waals surface area contributed by atoms with Gasteiger partial charge in [0, 0.05) is 41.0 Å². The molecular weight excluding hydrogens is 450 g/mol. The largest absolute Gasteiger partial charge is 0.316 e. The number of pyridine rings is 1. The Hall–Kier alpha value is -4.31. The summed E-state index contributed by atoms with van der Waals surface area (Å²) < 4.78 is 2.90. The number of amides is 1. The van der Waals surface area contributed by atoms with Crippen molar-refractivity contribution in [2.24, 2.45) is 7.05 Å². The van der Waals surface area contributed by atoms with E-state index in [4.69, 9.17) is 0 Å². The van der Waals surface area contributed by atoms with Crippen molar-refractivity contribution in [3.05, 3.63) is 87.5 Å². The second-order valence-electron chi connectivity index (χ2n) is 7.76. The molecule has 5 aromatic rings. The van der Waals surface area contributed by atoms with Gasteiger partial charge in [0.1, 0.15) is 5.82 Å². The van der Waals surface area contributed by atoms with E-state index < -0.39 is 5.91 Å². The van der Waals surface area contributed by atoms with Gasteiger partial charge in [-0.05, 0) is 38.1 Å². The quantitative estimate of drug-likeness (QED) is 0.401. The zero-order valence-corrected chi connectivity index (χ0v) is 19.6. The zero-order chi connectivity index (χ0) is 23.8. The third kappa shape index (κ3) is 3.84. The second-order valence-corrected chi connectivity index (χ2v) is 8.62. The Morgan fingerprint density at radius 1 is 1.06 bits per heavy atom. The first-order chi connectivity index (χ1) is 16.4. The number of anilines is 2. The fraction of sp³-hybridized carbons (Fsp3) is 0.125. The number of carbonyl (C=O) groups excluding carboxylic acids is 1. The van der Waals surface area contributed by atoms with Crippen LogP contribution in [0.25, 0.3) is 22.0 Å². The van der Waals surface area contributed by atoms with Crippen LogP contribution in [0.4, 0.5) is 10.9 Å². The van der Waals surface area contributed by atoms with Crippen LogP contribution in [0.1, 0.15) is 21.9 Å². The molecule has 0 fully saturated rings. The normalized spacial score (nSPS) is 11.0. The number of carbonyl (C=O) groups is 1. The predicted molar refractivity (Wildman–Crippen MR) is 133 cm³/mol. The molecule has 4 aromatic heterocycles. The standard InChI is InChI=1S/C24H21N7O2S/c1-14-12-18(19-13-34-24(26-19)27-20-10-6-7-11-25-20)15(2)31(14)29-22(32)21-16-8-4-5-9-17(16)23(33)30(3)28-21/h4-13H,1-3H3,(H,29,32)(H,25,26,27). The summed E-state index contributed by atoms with van der Waals surface area (Å²) in [6.07, 6.45) is 1.72. The summed E-state index contributed by atoms with van der Waals surface area (Å²) in [5.41, 5.74) is 6.22. The smallest absolute Gasteiger partial charge is 0.291 e. The lowest BCUT2D eigenvalue weighted by molar-refractivity contribution is 0.100. The van der Waals surface area contributed by atoms with Crippen molar-refractivity contribution in [3.8, 4) is 11.3 Å². The number of fused-ring (bicyclic) bond motifs is 1. The molecule has 170 valence electrons. The van der Waals surface area contributed by atoms with Gasteiger partial charge in [-0.1, -0.05) is 24.3 Å². The van der Waals surface area contributed by atoms with Crippen LogP contribution >= 0.6 is 11.3 Å². The maximum Gasteiger partial charge on any atom is 0.291 e. The molecule has 34 heavy (non-hydrogen) atoms. The van der Waals surface area contributed by atoms with Gasteiger partial charge >= 0.3 is 0 Å². The zero-order valence-electron chi connectivity index (χ0n) is 18.7. The van der Waals surface area contributed by atoms with Gasteiger partial charge in [-0.2, -0.15) is 5.10 Å². The molecule has 0 saturated carbocycles. The Morgan fingerprint density at radius 2 is 1.82 bits per heavy atom.